The maximum Gasteiger partial charge on any atom is 0.380 e. The van der Waals surface area contributed by atoms with Crippen molar-refractivity contribution in [1.29, 1.82) is 0 Å². The van der Waals surface area contributed by atoms with Crippen LogP contribution in [0.25, 0.3) is 11.1 Å². The molecule has 2 heterocycles. The van der Waals surface area contributed by atoms with Gasteiger partial charge in [0.2, 0.25) is 0 Å². The minimum absolute atomic E-state index is 0.100. The molecule has 2 aliphatic carbocycles. The van der Waals surface area contributed by atoms with Crippen LogP contribution < -0.4 is 0 Å². The molecule has 8 heteroatoms. The second-order valence-electron chi connectivity index (χ2n) is 8.49. The Morgan fingerprint density at radius 1 is 0.548 bits per heavy atom. The summed E-state index contributed by atoms with van der Waals surface area (Å²) >= 11 is 2.56. The number of hydrogen-bond donors (Lipinski definition) is 0. The van der Waals surface area contributed by atoms with Gasteiger partial charge in [-0.3, -0.25) is 0 Å². The van der Waals surface area contributed by atoms with E-state index in [2.05, 4.69) is 0 Å². The van der Waals surface area contributed by atoms with Crippen LogP contribution in [0, 0.1) is 0 Å². The number of hydrogen-bond acceptors (Lipinski definition) is 2. The summed E-state index contributed by atoms with van der Waals surface area (Å²) in [6.45, 7) is 3.42. The maximum atomic E-state index is 15.3. The summed E-state index contributed by atoms with van der Waals surface area (Å²) in [4.78, 5) is 1.25. The molecule has 0 radical (unpaired) electrons. The van der Waals surface area contributed by atoms with Crippen molar-refractivity contribution in [2.75, 3.05) is 0 Å². The lowest BCUT2D eigenvalue weighted by Gasteiger charge is -2.47. The van der Waals surface area contributed by atoms with Crippen molar-refractivity contribution in [3.8, 4) is 0 Å². The smallest absolute Gasteiger partial charge is 0.194 e. The summed E-state index contributed by atoms with van der Waals surface area (Å²) < 4.78 is 88.3. The van der Waals surface area contributed by atoms with Gasteiger partial charge in [-0.25, -0.2) is 0 Å². The van der Waals surface area contributed by atoms with Crippen molar-refractivity contribution in [3.05, 3.63) is 70.8 Å². The van der Waals surface area contributed by atoms with Crippen molar-refractivity contribution in [2.45, 2.75) is 50.9 Å². The molecule has 4 aliphatic rings. The van der Waals surface area contributed by atoms with Crippen molar-refractivity contribution in [1.82, 2.24) is 0 Å². The van der Waals surface area contributed by atoms with Gasteiger partial charge < -0.3 is 0 Å². The molecule has 0 unspecified atom stereocenters. The molecule has 1 saturated carbocycles. The lowest BCUT2D eigenvalue weighted by molar-refractivity contribution is -0.257. The lowest BCUT2D eigenvalue weighted by Crippen LogP contribution is -2.47. The second kappa shape index (κ2) is 5.39. The Bertz CT molecular complexity index is 1160. The molecule has 2 aliphatic heterocycles. The van der Waals surface area contributed by atoms with Gasteiger partial charge in [0.1, 0.15) is 0 Å². The first-order chi connectivity index (χ1) is 14.4. The van der Waals surface area contributed by atoms with E-state index in [4.69, 9.17) is 0 Å². The van der Waals surface area contributed by atoms with E-state index < -0.39 is 38.4 Å². The van der Waals surface area contributed by atoms with Gasteiger partial charge in [0.05, 0.1) is 9.49 Å². The minimum atomic E-state index is -5.53. The normalized spacial score (nSPS) is 33.0. The monoisotopic (exact) mass is 468 g/mol. The van der Waals surface area contributed by atoms with Crippen molar-refractivity contribution in [2.24, 2.45) is 0 Å². The third-order valence-electron chi connectivity index (χ3n) is 6.97. The number of thioether (sulfide) groups is 2. The van der Waals surface area contributed by atoms with E-state index >= 15 is 17.6 Å². The van der Waals surface area contributed by atoms with Gasteiger partial charge in [0.25, 0.3) is 0 Å². The van der Waals surface area contributed by atoms with Crippen LogP contribution in [0.3, 0.4) is 0 Å². The molecule has 2 aromatic rings. The van der Waals surface area contributed by atoms with Crippen LogP contribution in [0.1, 0.15) is 25.0 Å². The number of halogens is 6. The Hall–Kier alpha value is -1.80. The van der Waals surface area contributed by atoms with Crippen LogP contribution >= 0.6 is 23.5 Å². The molecule has 0 bridgehead atoms. The zero-order valence-corrected chi connectivity index (χ0v) is 17.8. The zero-order chi connectivity index (χ0) is 22.2. The van der Waals surface area contributed by atoms with Crippen LogP contribution in [0.4, 0.5) is 26.3 Å². The van der Waals surface area contributed by atoms with E-state index in [-0.39, 0.29) is 11.1 Å². The maximum absolute atomic E-state index is 15.3. The van der Waals surface area contributed by atoms with E-state index in [1.807, 2.05) is 0 Å². The van der Waals surface area contributed by atoms with Crippen LogP contribution in [0.5, 0.6) is 0 Å². The fourth-order valence-electron chi connectivity index (χ4n) is 5.39. The predicted octanol–water partition coefficient (Wildman–Crippen LogP) is 7.56. The van der Waals surface area contributed by atoms with Crippen LogP contribution in [0.15, 0.2) is 69.5 Å². The highest BCUT2D eigenvalue weighted by atomic mass is 32.2. The van der Waals surface area contributed by atoms with E-state index in [0.717, 1.165) is 0 Å². The average molecular weight is 468 g/mol. The Kier molecular flexibility index (Phi) is 3.45. The highest BCUT2D eigenvalue weighted by Gasteiger charge is 2.84. The van der Waals surface area contributed by atoms with Crippen LogP contribution in [-0.4, -0.2) is 27.3 Å². The average Bonchev–Trinajstić information content (AvgIpc) is 3.21. The number of fused-ring (bicyclic) bond motifs is 8. The van der Waals surface area contributed by atoms with Crippen molar-refractivity contribution in [3.63, 3.8) is 0 Å². The molecule has 0 aromatic heterocycles. The van der Waals surface area contributed by atoms with Gasteiger partial charge in [0.15, 0.2) is 0 Å². The SMILES string of the molecule is C[C@]12Sc3ccccc3C1=C1C(=C3c4ccccc4S[C@@]32C)C(F)(F)C(F)(F)C1(F)F. The highest BCUT2D eigenvalue weighted by Crippen LogP contribution is 2.77. The zero-order valence-electron chi connectivity index (χ0n) is 16.2. The Morgan fingerprint density at radius 3 is 1.29 bits per heavy atom. The van der Waals surface area contributed by atoms with Crippen LogP contribution in [0.2, 0.25) is 0 Å². The van der Waals surface area contributed by atoms with E-state index in [1.165, 1.54) is 23.5 Å². The van der Waals surface area contributed by atoms with Crippen molar-refractivity contribution >= 4 is 34.7 Å². The molecule has 2 aromatic carbocycles. The molecular weight excluding hydrogens is 454 g/mol. The largest absolute Gasteiger partial charge is 0.380 e. The molecule has 0 spiro atoms. The molecule has 1 fully saturated rings. The molecule has 0 nitrogen and oxygen atoms in total. The predicted molar refractivity (Wildman–Crippen MR) is 110 cm³/mol. The minimum Gasteiger partial charge on any atom is -0.194 e. The number of rotatable bonds is 0. The molecule has 0 amide bonds. The summed E-state index contributed by atoms with van der Waals surface area (Å²) in [6.07, 6.45) is 0. The lowest BCUT2D eigenvalue weighted by atomic mass is 9.68. The Morgan fingerprint density at radius 2 is 0.903 bits per heavy atom. The number of benzene rings is 2. The van der Waals surface area contributed by atoms with Gasteiger partial charge >= 0.3 is 17.8 Å². The van der Waals surface area contributed by atoms with Gasteiger partial charge in [-0.1, -0.05) is 36.4 Å². The van der Waals surface area contributed by atoms with Gasteiger partial charge in [-0.05, 0) is 48.3 Å². The highest BCUT2D eigenvalue weighted by molar-refractivity contribution is 8.06. The standard InChI is InChI=1S/C23H14F6S2/c1-19-15(11-7-3-5-9-13(11)30-19)17-18(22(26,27)23(28,29)21(17,24)25)16-12-8-4-6-10-14(12)31-20(16,19)2/h3-10H,1-2H3/t19-,20-/m0/s1. The van der Waals surface area contributed by atoms with Gasteiger partial charge in [-0.2, -0.15) is 26.3 Å². The van der Waals surface area contributed by atoms with E-state index in [9.17, 15) is 8.78 Å². The quantitative estimate of drug-likeness (QED) is 0.366. The number of alkyl halides is 6. The fourth-order valence-corrected chi connectivity index (χ4v) is 8.59. The third kappa shape index (κ3) is 1.89. The number of allylic oxidation sites excluding steroid dienone is 2. The molecule has 0 N–H and O–H groups in total. The molecule has 0 saturated heterocycles. The second-order valence-corrected chi connectivity index (χ2v) is 11.4. The summed E-state index contributed by atoms with van der Waals surface area (Å²) in [5.74, 6) is -15.5. The fraction of sp³-hybridized carbons (Fsp3) is 0.304. The summed E-state index contributed by atoms with van der Waals surface area (Å²) in [7, 11) is 0. The first-order valence-electron chi connectivity index (χ1n) is 9.61. The van der Waals surface area contributed by atoms with Crippen LogP contribution in [-0.2, 0) is 0 Å². The summed E-state index contributed by atoms with van der Waals surface area (Å²) in [6, 6.07) is 13.2. The van der Waals surface area contributed by atoms with Gasteiger partial charge in [-0.15, -0.1) is 23.5 Å². The first-order valence-corrected chi connectivity index (χ1v) is 11.2. The van der Waals surface area contributed by atoms with E-state index in [0.29, 0.717) is 20.9 Å². The van der Waals surface area contributed by atoms with Crippen molar-refractivity contribution < 1.29 is 26.3 Å². The molecular formula is C23H14F6S2. The Balaban J connectivity index is 1.86. The molecule has 2 atom stereocenters. The van der Waals surface area contributed by atoms with E-state index in [1.54, 1.807) is 62.4 Å². The summed E-state index contributed by atoms with van der Waals surface area (Å²) in [5, 5.41) is 0. The first kappa shape index (κ1) is 19.9. The molecule has 31 heavy (non-hydrogen) atoms. The summed E-state index contributed by atoms with van der Waals surface area (Å²) in [5.41, 5.74) is -1.95. The topological polar surface area (TPSA) is 0 Å². The Labute approximate surface area is 182 Å². The molecule has 6 rings (SSSR count). The van der Waals surface area contributed by atoms with Gasteiger partial charge in [0, 0.05) is 20.9 Å². The molecule has 160 valence electrons. The third-order valence-corrected chi connectivity index (χ3v) is 10.3.